The Morgan fingerprint density at radius 3 is 2.61 bits per heavy atom. The SMILES string of the molecule is CN=C(NCc1cccc(Cn2cccn2)c1)NCc1cc(C(C)C)no1.I. The third kappa shape index (κ3) is 6.36. The number of nitrogens with zero attached hydrogens (tertiary/aromatic N) is 4. The first-order chi connectivity index (χ1) is 13.1. The zero-order chi connectivity index (χ0) is 19.1. The number of halogens is 1. The molecule has 3 aromatic rings. The van der Waals surface area contributed by atoms with Crippen LogP contribution in [0, 0.1) is 0 Å². The molecular weight excluding hydrogens is 467 g/mol. The maximum absolute atomic E-state index is 5.35. The van der Waals surface area contributed by atoms with Crippen molar-refractivity contribution in [1.29, 1.82) is 0 Å². The van der Waals surface area contributed by atoms with Crippen LogP contribution in [0.4, 0.5) is 0 Å². The first kappa shape index (κ1) is 21.9. The van der Waals surface area contributed by atoms with E-state index in [1.54, 1.807) is 13.2 Å². The minimum absolute atomic E-state index is 0. The average Bonchev–Trinajstić information content (AvgIpc) is 3.34. The molecule has 0 fully saturated rings. The number of rotatable bonds is 7. The Labute approximate surface area is 182 Å². The van der Waals surface area contributed by atoms with Crippen molar-refractivity contribution >= 4 is 29.9 Å². The predicted molar refractivity (Wildman–Crippen MR) is 121 cm³/mol. The Balaban J connectivity index is 0.00000280. The second-order valence-electron chi connectivity index (χ2n) is 6.68. The first-order valence-electron chi connectivity index (χ1n) is 9.09. The maximum Gasteiger partial charge on any atom is 0.191 e. The second-order valence-corrected chi connectivity index (χ2v) is 6.68. The molecule has 3 rings (SSSR count). The molecule has 0 amide bonds. The molecule has 150 valence electrons. The Morgan fingerprint density at radius 2 is 1.93 bits per heavy atom. The van der Waals surface area contributed by atoms with Gasteiger partial charge in [-0.1, -0.05) is 43.3 Å². The second kappa shape index (κ2) is 10.8. The van der Waals surface area contributed by atoms with Crippen LogP contribution >= 0.6 is 24.0 Å². The molecule has 0 saturated carbocycles. The van der Waals surface area contributed by atoms with Crippen LogP contribution in [0.3, 0.4) is 0 Å². The summed E-state index contributed by atoms with van der Waals surface area (Å²) in [5.41, 5.74) is 3.36. The van der Waals surface area contributed by atoms with Crippen molar-refractivity contribution in [2.75, 3.05) is 7.05 Å². The van der Waals surface area contributed by atoms with E-state index < -0.39 is 0 Å². The van der Waals surface area contributed by atoms with Crippen LogP contribution in [0.25, 0.3) is 0 Å². The lowest BCUT2D eigenvalue weighted by Crippen LogP contribution is -2.36. The molecule has 1 aromatic carbocycles. The summed E-state index contributed by atoms with van der Waals surface area (Å²) in [4.78, 5) is 4.26. The van der Waals surface area contributed by atoms with Gasteiger partial charge in [-0.15, -0.1) is 24.0 Å². The van der Waals surface area contributed by atoms with E-state index in [0.29, 0.717) is 19.0 Å². The Bertz CT molecular complexity index is 872. The standard InChI is InChI=1S/C20H26N6O.HI/c1-15(2)19-11-18(27-25-19)13-23-20(21-3)22-12-16-6-4-7-17(10-16)14-26-9-5-8-24-26;/h4-11,15H,12-14H2,1-3H3,(H2,21,22,23);1H. The predicted octanol–water partition coefficient (Wildman–Crippen LogP) is 3.53. The Morgan fingerprint density at radius 1 is 1.14 bits per heavy atom. The average molecular weight is 494 g/mol. The molecule has 0 bridgehead atoms. The number of guanidine groups is 1. The summed E-state index contributed by atoms with van der Waals surface area (Å²) in [5.74, 6) is 1.87. The van der Waals surface area contributed by atoms with Gasteiger partial charge in [0.15, 0.2) is 11.7 Å². The van der Waals surface area contributed by atoms with E-state index in [4.69, 9.17) is 4.52 Å². The van der Waals surface area contributed by atoms with E-state index in [1.165, 1.54) is 11.1 Å². The van der Waals surface area contributed by atoms with Crippen molar-refractivity contribution in [3.8, 4) is 0 Å². The monoisotopic (exact) mass is 494 g/mol. The number of aromatic nitrogens is 3. The van der Waals surface area contributed by atoms with Crippen molar-refractivity contribution < 1.29 is 4.52 Å². The van der Waals surface area contributed by atoms with E-state index in [2.05, 4.69) is 64.0 Å². The van der Waals surface area contributed by atoms with E-state index in [1.807, 2.05) is 23.0 Å². The molecule has 0 aliphatic heterocycles. The summed E-state index contributed by atoms with van der Waals surface area (Å²) < 4.78 is 7.26. The van der Waals surface area contributed by atoms with Crippen molar-refractivity contribution in [2.45, 2.75) is 39.4 Å². The van der Waals surface area contributed by atoms with Crippen LogP contribution in [-0.4, -0.2) is 27.9 Å². The van der Waals surface area contributed by atoms with Crippen LogP contribution in [-0.2, 0) is 19.6 Å². The fraction of sp³-hybridized carbons (Fsp3) is 0.350. The highest BCUT2D eigenvalue weighted by atomic mass is 127. The van der Waals surface area contributed by atoms with Crippen LogP contribution in [0.2, 0.25) is 0 Å². The zero-order valence-corrected chi connectivity index (χ0v) is 18.8. The molecule has 0 saturated heterocycles. The third-order valence-electron chi connectivity index (χ3n) is 4.18. The summed E-state index contributed by atoms with van der Waals surface area (Å²) in [7, 11) is 1.75. The molecule has 0 atom stereocenters. The highest BCUT2D eigenvalue weighted by molar-refractivity contribution is 14.0. The van der Waals surface area contributed by atoms with Crippen molar-refractivity contribution in [3.63, 3.8) is 0 Å². The molecule has 2 aromatic heterocycles. The number of aliphatic imine (C=N–C) groups is 1. The lowest BCUT2D eigenvalue weighted by Gasteiger charge is -2.11. The van der Waals surface area contributed by atoms with E-state index in [9.17, 15) is 0 Å². The fourth-order valence-corrected chi connectivity index (χ4v) is 2.68. The molecule has 0 radical (unpaired) electrons. The van der Waals surface area contributed by atoms with Gasteiger partial charge in [-0.2, -0.15) is 5.10 Å². The van der Waals surface area contributed by atoms with Gasteiger partial charge in [0.2, 0.25) is 0 Å². The quantitative estimate of drug-likeness (QED) is 0.299. The van der Waals surface area contributed by atoms with E-state index in [0.717, 1.165) is 24.0 Å². The summed E-state index contributed by atoms with van der Waals surface area (Å²) in [6.45, 7) is 6.17. The maximum atomic E-state index is 5.35. The topological polar surface area (TPSA) is 80.3 Å². The van der Waals surface area contributed by atoms with Gasteiger partial charge < -0.3 is 15.2 Å². The fourth-order valence-electron chi connectivity index (χ4n) is 2.68. The van der Waals surface area contributed by atoms with E-state index in [-0.39, 0.29) is 24.0 Å². The van der Waals surface area contributed by atoms with Crippen LogP contribution in [0.15, 0.2) is 58.3 Å². The molecule has 0 aliphatic carbocycles. The molecule has 0 aliphatic rings. The highest BCUT2D eigenvalue weighted by Gasteiger charge is 2.08. The van der Waals surface area contributed by atoms with Gasteiger partial charge >= 0.3 is 0 Å². The highest BCUT2D eigenvalue weighted by Crippen LogP contribution is 2.13. The summed E-state index contributed by atoms with van der Waals surface area (Å²) in [5, 5.41) is 14.9. The third-order valence-corrected chi connectivity index (χ3v) is 4.18. The molecule has 0 spiro atoms. The van der Waals surface area contributed by atoms with Gasteiger partial charge in [0.05, 0.1) is 18.8 Å². The molecule has 2 heterocycles. The van der Waals surface area contributed by atoms with Gasteiger partial charge in [-0.05, 0) is 23.1 Å². The summed E-state index contributed by atoms with van der Waals surface area (Å²) in [6.07, 6.45) is 3.75. The van der Waals surface area contributed by atoms with Crippen molar-refractivity contribution in [1.82, 2.24) is 25.6 Å². The van der Waals surface area contributed by atoms with Gasteiger partial charge in [-0.25, -0.2) is 0 Å². The lowest BCUT2D eigenvalue weighted by atomic mass is 10.1. The molecule has 8 heteroatoms. The minimum Gasteiger partial charge on any atom is -0.359 e. The van der Waals surface area contributed by atoms with Crippen LogP contribution in [0.5, 0.6) is 0 Å². The minimum atomic E-state index is 0. The van der Waals surface area contributed by atoms with Crippen molar-refractivity contribution in [3.05, 3.63) is 71.4 Å². The zero-order valence-electron chi connectivity index (χ0n) is 16.4. The number of benzene rings is 1. The van der Waals surface area contributed by atoms with Gasteiger partial charge in [-0.3, -0.25) is 9.67 Å². The summed E-state index contributed by atoms with van der Waals surface area (Å²) >= 11 is 0. The smallest absolute Gasteiger partial charge is 0.191 e. The number of hydrogen-bond acceptors (Lipinski definition) is 4. The lowest BCUT2D eigenvalue weighted by molar-refractivity contribution is 0.372. The summed E-state index contributed by atoms with van der Waals surface area (Å²) in [6, 6.07) is 12.3. The molecule has 28 heavy (non-hydrogen) atoms. The molecular formula is C20H27IN6O. The normalized spacial score (nSPS) is 11.4. The van der Waals surface area contributed by atoms with Crippen LogP contribution in [0.1, 0.15) is 42.3 Å². The number of hydrogen-bond donors (Lipinski definition) is 2. The van der Waals surface area contributed by atoms with Crippen LogP contribution < -0.4 is 10.6 Å². The van der Waals surface area contributed by atoms with Gasteiger partial charge in [0.1, 0.15) is 0 Å². The molecule has 2 N–H and O–H groups in total. The largest absolute Gasteiger partial charge is 0.359 e. The van der Waals surface area contributed by atoms with Crippen molar-refractivity contribution in [2.24, 2.45) is 4.99 Å². The molecule has 7 nitrogen and oxygen atoms in total. The Kier molecular flexibility index (Phi) is 8.49. The van der Waals surface area contributed by atoms with Gasteiger partial charge in [0.25, 0.3) is 0 Å². The number of nitrogens with one attached hydrogen (secondary N) is 2. The van der Waals surface area contributed by atoms with E-state index >= 15 is 0 Å². The molecule has 0 unspecified atom stereocenters. The first-order valence-corrected chi connectivity index (χ1v) is 9.09. The Hall–Kier alpha value is -2.36. The van der Waals surface area contributed by atoms with Gasteiger partial charge in [0, 0.05) is 32.1 Å².